The van der Waals surface area contributed by atoms with Gasteiger partial charge in [0.05, 0.1) is 5.92 Å². The molecule has 1 aromatic carbocycles. The number of amides is 1. The number of carboxylic acid groups (broad SMARTS) is 1. The number of aliphatic carboxylic acids is 1. The lowest BCUT2D eigenvalue weighted by Gasteiger charge is -2.38. The van der Waals surface area contributed by atoms with Gasteiger partial charge < -0.3 is 14.7 Å². The minimum atomic E-state index is -0.975. The smallest absolute Gasteiger partial charge is 0.306 e. The van der Waals surface area contributed by atoms with E-state index in [1.165, 1.54) is 0 Å². The Morgan fingerprint density at radius 2 is 1.83 bits per heavy atom. The number of carboxylic acids is 1. The van der Waals surface area contributed by atoms with Crippen LogP contribution in [0.5, 0.6) is 0 Å². The summed E-state index contributed by atoms with van der Waals surface area (Å²) in [6.07, 6.45) is 2.57. The maximum Gasteiger partial charge on any atom is 0.306 e. The number of carbonyl (C=O) groups excluding carboxylic acids is 1. The molecule has 1 saturated heterocycles. The van der Waals surface area contributed by atoms with Gasteiger partial charge in [0, 0.05) is 20.2 Å². The molecule has 130 valence electrons. The van der Waals surface area contributed by atoms with Crippen LogP contribution in [0, 0.1) is 17.8 Å². The van der Waals surface area contributed by atoms with Crippen molar-refractivity contribution in [3.8, 4) is 0 Å². The lowest BCUT2D eigenvalue weighted by molar-refractivity contribution is -0.156. The quantitative estimate of drug-likeness (QED) is 0.900. The Hall–Kier alpha value is -1.88. The van der Waals surface area contributed by atoms with E-state index in [2.05, 4.69) is 0 Å². The maximum absolute atomic E-state index is 13.0. The Balaban J connectivity index is 1.63. The monoisotopic (exact) mass is 331 g/mol. The third-order valence-corrected chi connectivity index (χ3v) is 5.73. The van der Waals surface area contributed by atoms with Crippen molar-refractivity contribution in [2.45, 2.75) is 31.8 Å². The highest BCUT2D eigenvalue weighted by Gasteiger charge is 2.49. The fraction of sp³-hybridized carbons (Fsp3) is 0.579. The molecule has 0 bridgehead atoms. The van der Waals surface area contributed by atoms with Crippen LogP contribution < -0.4 is 0 Å². The van der Waals surface area contributed by atoms with Crippen molar-refractivity contribution in [3.63, 3.8) is 0 Å². The maximum atomic E-state index is 13.0. The van der Waals surface area contributed by atoms with Crippen molar-refractivity contribution in [1.29, 1.82) is 0 Å². The van der Waals surface area contributed by atoms with Gasteiger partial charge in [0.15, 0.2) is 5.60 Å². The first-order valence-electron chi connectivity index (χ1n) is 8.60. The van der Waals surface area contributed by atoms with E-state index in [1.54, 1.807) is 7.11 Å². The van der Waals surface area contributed by atoms with Gasteiger partial charge >= 0.3 is 5.97 Å². The molecule has 5 nitrogen and oxygen atoms in total. The Morgan fingerprint density at radius 1 is 1.21 bits per heavy atom. The van der Waals surface area contributed by atoms with Crippen molar-refractivity contribution < 1.29 is 19.4 Å². The molecular weight excluding hydrogens is 306 g/mol. The summed E-state index contributed by atoms with van der Waals surface area (Å²) in [7, 11) is 1.57. The van der Waals surface area contributed by atoms with Crippen LogP contribution in [-0.2, 0) is 19.9 Å². The SMILES string of the molecule is COC(C)(C(=O)N1CCC([C@@H]2C[C@H]2C(=O)O)CC1)c1ccccc1. The number of nitrogens with zero attached hydrogens (tertiary/aromatic N) is 1. The minimum Gasteiger partial charge on any atom is -0.481 e. The van der Waals surface area contributed by atoms with Crippen LogP contribution in [0.15, 0.2) is 30.3 Å². The largest absolute Gasteiger partial charge is 0.481 e. The summed E-state index contributed by atoms with van der Waals surface area (Å²) in [6.45, 7) is 3.17. The first-order chi connectivity index (χ1) is 11.5. The molecule has 2 fully saturated rings. The van der Waals surface area contributed by atoms with Crippen molar-refractivity contribution in [3.05, 3.63) is 35.9 Å². The summed E-state index contributed by atoms with van der Waals surface area (Å²) in [6, 6.07) is 9.56. The van der Waals surface area contributed by atoms with Gasteiger partial charge in [-0.25, -0.2) is 0 Å². The number of hydrogen-bond donors (Lipinski definition) is 1. The molecule has 2 aliphatic rings. The van der Waals surface area contributed by atoms with Crippen LogP contribution in [-0.4, -0.2) is 42.1 Å². The topological polar surface area (TPSA) is 66.8 Å². The number of methoxy groups -OCH3 is 1. The average molecular weight is 331 g/mol. The van der Waals surface area contributed by atoms with Gasteiger partial charge in [0.2, 0.25) is 0 Å². The molecular formula is C19H25NO4. The zero-order valence-corrected chi connectivity index (χ0v) is 14.3. The predicted octanol–water partition coefficient (Wildman–Crippen LogP) is 2.51. The molecule has 1 aliphatic carbocycles. The number of ether oxygens (including phenoxy) is 1. The molecule has 24 heavy (non-hydrogen) atoms. The van der Waals surface area contributed by atoms with Crippen molar-refractivity contribution in [2.75, 3.05) is 20.2 Å². The summed E-state index contributed by atoms with van der Waals surface area (Å²) < 4.78 is 5.61. The van der Waals surface area contributed by atoms with E-state index >= 15 is 0 Å². The molecule has 5 heteroatoms. The standard InChI is InChI=1S/C19H25NO4/c1-19(24-2,14-6-4-3-5-7-14)18(23)20-10-8-13(9-11-20)15-12-16(15)17(21)22/h3-7,13,15-16H,8-12H2,1-2H3,(H,21,22)/t15-,16+,19?/m0/s1. The molecule has 1 aliphatic heterocycles. The average Bonchev–Trinajstić information content (AvgIpc) is 3.42. The zero-order chi connectivity index (χ0) is 17.3. The molecule has 0 radical (unpaired) electrons. The highest BCUT2D eigenvalue weighted by Crippen LogP contribution is 2.48. The summed E-state index contributed by atoms with van der Waals surface area (Å²) in [5, 5.41) is 9.08. The van der Waals surface area contributed by atoms with E-state index in [0.29, 0.717) is 24.9 Å². The van der Waals surface area contributed by atoms with Crippen molar-refractivity contribution >= 4 is 11.9 Å². The minimum absolute atomic E-state index is 0.0137. The summed E-state index contributed by atoms with van der Waals surface area (Å²) in [4.78, 5) is 25.9. The van der Waals surface area contributed by atoms with Crippen LogP contribution in [0.3, 0.4) is 0 Å². The highest BCUT2D eigenvalue weighted by molar-refractivity contribution is 5.86. The summed E-state index contributed by atoms with van der Waals surface area (Å²) in [5.41, 5.74) is -0.121. The van der Waals surface area contributed by atoms with Gasteiger partial charge in [0.1, 0.15) is 0 Å². The van der Waals surface area contributed by atoms with E-state index in [1.807, 2.05) is 42.2 Å². The predicted molar refractivity (Wildman–Crippen MR) is 89.3 cm³/mol. The second-order valence-electron chi connectivity index (χ2n) is 7.08. The molecule has 1 amide bonds. The zero-order valence-electron chi connectivity index (χ0n) is 14.3. The number of hydrogen-bond acceptors (Lipinski definition) is 3. The van der Waals surface area contributed by atoms with Crippen LogP contribution in [0.4, 0.5) is 0 Å². The second-order valence-corrected chi connectivity index (χ2v) is 7.08. The van der Waals surface area contributed by atoms with Gasteiger partial charge in [-0.05, 0) is 43.6 Å². The Morgan fingerprint density at radius 3 is 2.33 bits per heavy atom. The molecule has 1 heterocycles. The van der Waals surface area contributed by atoms with E-state index < -0.39 is 11.6 Å². The summed E-state index contributed by atoms with van der Waals surface area (Å²) in [5.74, 6) is -0.107. The normalized spacial score (nSPS) is 26.7. The van der Waals surface area contributed by atoms with E-state index in [9.17, 15) is 9.59 Å². The lowest BCUT2D eigenvalue weighted by Crippen LogP contribution is -2.49. The van der Waals surface area contributed by atoms with Gasteiger partial charge in [0.25, 0.3) is 5.91 Å². The Kier molecular flexibility index (Phi) is 4.63. The van der Waals surface area contributed by atoms with Crippen LogP contribution >= 0.6 is 0 Å². The highest BCUT2D eigenvalue weighted by atomic mass is 16.5. The lowest BCUT2D eigenvalue weighted by atomic mass is 9.88. The number of piperidine rings is 1. The first kappa shape index (κ1) is 17.0. The third-order valence-electron chi connectivity index (χ3n) is 5.73. The Bertz CT molecular complexity index is 609. The number of carbonyl (C=O) groups is 2. The number of rotatable bonds is 5. The third kappa shape index (κ3) is 3.05. The molecule has 1 aromatic rings. The molecule has 3 rings (SSSR count). The second kappa shape index (κ2) is 6.55. The molecule has 1 unspecified atom stereocenters. The van der Waals surface area contributed by atoms with Gasteiger partial charge in [-0.2, -0.15) is 0 Å². The van der Waals surface area contributed by atoms with Crippen molar-refractivity contribution in [1.82, 2.24) is 4.90 Å². The Labute approximate surface area is 142 Å². The fourth-order valence-electron chi connectivity index (χ4n) is 3.94. The molecule has 0 spiro atoms. The van der Waals surface area contributed by atoms with Crippen molar-refractivity contribution in [2.24, 2.45) is 17.8 Å². The van der Waals surface area contributed by atoms with Gasteiger partial charge in [-0.1, -0.05) is 30.3 Å². The molecule has 0 aromatic heterocycles. The van der Waals surface area contributed by atoms with Crippen LogP contribution in [0.1, 0.15) is 31.7 Å². The molecule has 1 saturated carbocycles. The number of likely N-dealkylation sites (tertiary alicyclic amines) is 1. The summed E-state index contributed by atoms with van der Waals surface area (Å²) >= 11 is 0. The van der Waals surface area contributed by atoms with Gasteiger partial charge in [-0.3, -0.25) is 9.59 Å². The molecule has 1 N–H and O–H groups in total. The van der Waals surface area contributed by atoms with Crippen LogP contribution in [0.2, 0.25) is 0 Å². The van der Waals surface area contributed by atoms with Crippen LogP contribution in [0.25, 0.3) is 0 Å². The number of benzene rings is 1. The molecule has 3 atom stereocenters. The van der Waals surface area contributed by atoms with E-state index in [-0.39, 0.29) is 11.8 Å². The van der Waals surface area contributed by atoms with E-state index in [0.717, 1.165) is 24.8 Å². The fourth-order valence-corrected chi connectivity index (χ4v) is 3.94. The first-order valence-corrected chi connectivity index (χ1v) is 8.60. The van der Waals surface area contributed by atoms with E-state index in [4.69, 9.17) is 9.84 Å². The van der Waals surface area contributed by atoms with Gasteiger partial charge in [-0.15, -0.1) is 0 Å².